The Hall–Kier alpha value is -1.57. The molecule has 0 aliphatic carbocycles. The molecule has 0 aromatic heterocycles. The van der Waals surface area contributed by atoms with Crippen LogP contribution in [0.4, 0.5) is 0 Å². The maximum Gasteiger partial charge on any atom is 0.315 e. The van der Waals surface area contributed by atoms with Gasteiger partial charge in [0.15, 0.2) is 0 Å². The van der Waals surface area contributed by atoms with Crippen LogP contribution in [0.25, 0.3) is 0 Å². The predicted molar refractivity (Wildman–Crippen MR) is 54.5 cm³/mol. The van der Waals surface area contributed by atoms with Gasteiger partial charge in [0.25, 0.3) is 0 Å². The Morgan fingerprint density at radius 3 is 1.50 bits per heavy atom. The third-order valence-corrected chi connectivity index (χ3v) is 1.38. The van der Waals surface area contributed by atoms with E-state index < -0.39 is 17.9 Å². The highest BCUT2D eigenvalue weighted by atomic mass is 32.2. The molecule has 0 fully saturated rings. The van der Waals surface area contributed by atoms with Gasteiger partial charge < -0.3 is 14.4 Å². The minimum Gasteiger partial charge on any atom is -0.481 e. The van der Waals surface area contributed by atoms with Crippen molar-refractivity contribution in [1.29, 1.82) is 0 Å². The van der Waals surface area contributed by atoms with Crippen molar-refractivity contribution in [3.8, 4) is 0 Å². The van der Waals surface area contributed by atoms with Crippen LogP contribution in [0.2, 0.25) is 0 Å². The van der Waals surface area contributed by atoms with Crippen LogP contribution in [0.3, 0.4) is 0 Å². The van der Waals surface area contributed by atoms with E-state index in [0.29, 0.717) is 12.0 Å². The molecule has 0 spiro atoms. The Bertz CT molecular complexity index is 218. The quantitative estimate of drug-likeness (QED) is 0.704. The minimum atomic E-state index is -1.08. The molecule has 0 aliphatic rings. The molecule has 0 aliphatic heterocycles. The average molecular weight is 252 g/mol. The molecule has 8 heteroatoms. The number of carbonyl (C=O) groups excluding carboxylic acids is 2. The highest BCUT2D eigenvalue weighted by Gasteiger charge is 2.00. The SMILES string of the molecule is CC(=O)OSC(C)=O.O=C(O)CCC(=O)O. The summed E-state index contributed by atoms with van der Waals surface area (Å²) in [6.07, 6.45) is -0.593. The zero-order chi connectivity index (χ0) is 13.1. The minimum absolute atomic E-state index is 0.222. The zero-order valence-electron chi connectivity index (χ0n) is 8.76. The third-order valence-electron chi connectivity index (χ3n) is 0.829. The van der Waals surface area contributed by atoms with Crippen LogP contribution in [-0.4, -0.2) is 33.2 Å². The Morgan fingerprint density at radius 1 is 1.00 bits per heavy atom. The molecule has 92 valence electrons. The molecule has 0 unspecified atom stereocenters. The molecule has 2 N–H and O–H groups in total. The number of carbonyl (C=O) groups is 4. The van der Waals surface area contributed by atoms with Crippen molar-refractivity contribution >= 4 is 35.1 Å². The zero-order valence-corrected chi connectivity index (χ0v) is 9.57. The number of hydrogen-bond acceptors (Lipinski definition) is 6. The summed E-state index contributed by atoms with van der Waals surface area (Å²) in [6.45, 7) is 2.57. The summed E-state index contributed by atoms with van der Waals surface area (Å²) in [7, 11) is 0. The van der Waals surface area contributed by atoms with Gasteiger partial charge in [-0.15, -0.1) is 0 Å². The highest BCUT2D eigenvalue weighted by Crippen LogP contribution is 2.01. The van der Waals surface area contributed by atoms with Crippen molar-refractivity contribution in [3.05, 3.63) is 0 Å². The second kappa shape index (κ2) is 9.97. The van der Waals surface area contributed by atoms with E-state index in [1.54, 1.807) is 0 Å². The molecule has 0 saturated heterocycles. The van der Waals surface area contributed by atoms with Crippen LogP contribution in [0.15, 0.2) is 0 Å². The van der Waals surface area contributed by atoms with Gasteiger partial charge in [-0.25, -0.2) is 0 Å². The molecule has 0 aromatic carbocycles. The molecule has 16 heavy (non-hydrogen) atoms. The Balaban J connectivity index is 0. The Morgan fingerprint density at radius 2 is 1.38 bits per heavy atom. The second-order valence-electron chi connectivity index (χ2n) is 2.44. The van der Waals surface area contributed by atoms with Gasteiger partial charge in [-0.2, -0.15) is 0 Å². The molecular formula is C8H12O7S. The molecule has 0 atom stereocenters. The monoisotopic (exact) mass is 252 g/mol. The first-order valence-corrected chi connectivity index (χ1v) is 4.79. The number of carboxylic acid groups (broad SMARTS) is 2. The second-order valence-corrected chi connectivity index (χ2v) is 3.35. The lowest BCUT2D eigenvalue weighted by molar-refractivity contribution is -0.143. The number of hydrogen-bond donors (Lipinski definition) is 2. The predicted octanol–water partition coefficient (Wildman–Crippen LogP) is 0.680. The van der Waals surface area contributed by atoms with Gasteiger partial charge in [-0.1, -0.05) is 0 Å². The first kappa shape index (κ1) is 16.8. The van der Waals surface area contributed by atoms with Gasteiger partial charge in [0.05, 0.1) is 12.8 Å². The standard InChI is InChI=1S/C4H6O4.C4H6O3S/c5-3(6)1-2-4(7)8;1-3(5)7-8-4(2)6/h1-2H2,(H,5,6)(H,7,8);1-2H3. The van der Waals surface area contributed by atoms with Gasteiger partial charge in [-0.3, -0.25) is 19.2 Å². The number of carboxylic acids is 2. The average Bonchev–Trinajstić information content (AvgIpc) is 2.12. The van der Waals surface area contributed by atoms with Crippen LogP contribution in [0.5, 0.6) is 0 Å². The molecular weight excluding hydrogens is 240 g/mol. The normalized spacial score (nSPS) is 8.38. The summed E-state index contributed by atoms with van der Waals surface area (Å²) in [5.74, 6) is -2.61. The van der Waals surface area contributed by atoms with Crippen molar-refractivity contribution in [2.75, 3.05) is 0 Å². The van der Waals surface area contributed by atoms with Gasteiger partial charge >= 0.3 is 17.9 Å². The van der Waals surface area contributed by atoms with Crippen LogP contribution < -0.4 is 0 Å². The number of rotatable bonds is 3. The van der Waals surface area contributed by atoms with E-state index in [2.05, 4.69) is 4.18 Å². The van der Waals surface area contributed by atoms with Crippen molar-refractivity contribution in [2.24, 2.45) is 0 Å². The molecule has 0 heterocycles. The van der Waals surface area contributed by atoms with Gasteiger partial charge in [0.2, 0.25) is 5.12 Å². The fourth-order valence-electron chi connectivity index (χ4n) is 0.331. The fraction of sp³-hybridized carbons (Fsp3) is 0.500. The Labute approximate surface area is 96.0 Å². The largest absolute Gasteiger partial charge is 0.481 e. The maximum atomic E-state index is 10.0. The molecule has 0 radical (unpaired) electrons. The summed E-state index contributed by atoms with van der Waals surface area (Å²) < 4.78 is 4.23. The molecule has 0 bridgehead atoms. The van der Waals surface area contributed by atoms with Gasteiger partial charge in [0.1, 0.15) is 12.0 Å². The van der Waals surface area contributed by atoms with E-state index in [4.69, 9.17) is 10.2 Å². The Kier molecular flexibility index (Phi) is 10.5. The molecule has 7 nitrogen and oxygen atoms in total. The molecule has 0 rings (SSSR count). The van der Waals surface area contributed by atoms with E-state index in [1.165, 1.54) is 13.8 Å². The number of aliphatic carboxylic acids is 2. The summed E-state index contributed by atoms with van der Waals surface area (Å²) in [5, 5.41) is 15.6. The molecule has 0 amide bonds. The van der Waals surface area contributed by atoms with Crippen LogP contribution in [0, 0.1) is 0 Å². The van der Waals surface area contributed by atoms with Crippen LogP contribution in [-0.2, 0) is 23.4 Å². The van der Waals surface area contributed by atoms with Gasteiger partial charge in [-0.05, 0) is 0 Å². The van der Waals surface area contributed by atoms with E-state index in [-0.39, 0.29) is 18.0 Å². The van der Waals surface area contributed by atoms with Crippen molar-refractivity contribution in [3.63, 3.8) is 0 Å². The smallest absolute Gasteiger partial charge is 0.315 e. The van der Waals surface area contributed by atoms with Crippen LogP contribution in [0.1, 0.15) is 26.7 Å². The fourth-order valence-corrected chi connectivity index (χ4v) is 0.566. The molecule has 0 saturated carbocycles. The van der Waals surface area contributed by atoms with Gasteiger partial charge in [0, 0.05) is 13.8 Å². The summed E-state index contributed by atoms with van der Waals surface area (Å²) in [4.78, 5) is 39.3. The first-order chi connectivity index (χ1) is 7.25. The molecule has 0 aromatic rings. The summed E-state index contributed by atoms with van der Waals surface area (Å²) in [6, 6.07) is 0. The highest BCUT2D eigenvalue weighted by molar-refractivity contribution is 8.09. The maximum absolute atomic E-state index is 10.0. The van der Waals surface area contributed by atoms with Crippen LogP contribution >= 0.6 is 12.0 Å². The summed E-state index contributed by atoms with van der Waals surface area (Å²) in [5.41, 5.74) is 0. The lowest BCUT2D eigenvalue weighted by Gasteiger charge is -1.90. The van der Waals surface area contributed by atoms with Crippen molar-refractivity contribution in [2.45, 2.75) is 26.7 Å². The van der Waals surface area contributed by atoms with E-state index in [9.17, 15) is 19.2 Å². The van der Waals surface area contributed by atoms with E-state index >= 15 is 0 Å². The first-order valence-electron chi connectivity index (χ1n) is 4.05. The van der Waals surface area contributed by atoms with Crippen molar-refractivity contribution in [1.82, 2.24) is 0 Å². The summed E-state index contributed by atoms with van der Waals surface area (Å²) >= 11 is 0.551. The third kappa shape index (κ3) is 22.9. The van der Waals surface area contributed by atoms with Crippen molar-refractivity contribution < 1.29 is 33.6 Å². The van der Waals surface area contributed by atoms with E-state index in [0.717, 1.165) is 0 Å². The lowest BCUT2D eigenvalue weighted by Crippen LogP contribution is -2.00. The van der Waals surface area contributed by atoms with E-state index in [1.807, 2.05) is 0 Å². The topological polar surface area (TPSA) is 118 Å². The lowest BCUT2D eigenvalue weighted by atomic mass is 10.3.